The number of piperidine rings is 1. The first-order valence-electron chi connectivity index (χ1n) is 6.48. The van der Waals surface area contributed by atoms with Crippen molar-refractivity contribution >= 4 is 0 Å². The summed E-state index contributed by atoms with van der Waals surface area (Å²) in [7, 11) is 0. The number of ether oxygens (including phenoxy) is 1. The molecule has 0 saturated carbocycles. The fourth-order valence-electron chi connectivity index (χ4n) is 2.50. The van der Waals surface area contributed by atoms with E-state index in [9.17, 15) is 0 Å². The van der Waals surface area contributed by atoms with Crippen LogP contribution in [-0.2, 0) is 4.74 Å². The van der Waals surface area contributed by atoms with Crippen molar-refractivity contribution in [1.29, 1.82) is 0 Å². The Kier molecular flexibility index (Phi) is 4.90. The molecule has 2 aliphatic heterocycles. The molecule has 0 aromatic rings. The largest absolute Gasteiger partial charge is 0.379 e. The maximum absolute atomic E-state index is 5.72. The molecule has 2 saturated heterocycles. The van der Waals surface area contributed by atoms with E-state index in [-0.39, 0.29) is 0 Å². The third-order valence-electron chi connectivity index (χ3n) is 3.48. The molecule has 3 heteroatoms. The van der Waals surface area contributed by atoms with Crippen LogP contribution < -0.4 is 5.32 Å². The van der Waals surface area contributed by atoms with E-state index < -0.39 is 0 Å². The van der Waals surface area contributed by atoms with Crippen LogP contribution in [0.5, 0.6) is 0 Å². The van der Waals surface area contributed by atoms with Gasteiger partial charge in [0.1, 0.15) is 0 Å². The zero-order valence-electron chi connectivity index (χ0n) is 9.71. The molecule has 0 aromatic carbocycles. The minimum Gasteiger partial charge on any atom is -0.379 e. The number of nitrogens with one attached hydrogen (secondary N) is 1. The minimum atomic E-state index is 0.631. The highest BCUT2D eigenvalue weighted by atomic mass is 16.5. The van der Waals surface area contributed by atoms with Gasteiger partial charge in [0.2, 0.25) is 0 Å². The summed E-state index contributed by atoms with van der Waals surface area (Å²) in [5, 5.41) is 3.46. The fraction of sp³-hybridized carbons (Fsp3) is 1.00. The van der Waals surface area contributed by atoms with Crippen molar-refractivity contribution in [2.24, 2.45) is 0 Å². The molecule has 1 N–H and O–H groups in total. The summed E-state index contributed by atoms with van der Waals surface area (Å²) in [6.07, 6.45) is 6.79. The first kappa shape index (κ1) is 11.4. The van der Waals surface area contributed by atoms with Gasteiger partial charge in [0.05, 0.1) is 13.2 Å². The zero-order valence-corrected chi connectivity index (χ0v) is 9.71. The number of likely N-dealkylation sites (tertiary alicyclic amines) is 1. The van der Waals surface area contributed by atoms with E-state index in [1.165, 1.54) is 51.7 Å². The topological polar surface area (TPSA) is 24.5 Å². The summed E-state index contributed by atoms with van der Waals surface area (Å²) in [6.45, 7) is 6.70. The molecule has 0 amide bonds. The van der Waals surface area contributed by atoms with Crippen molar-refractivity contribution in [3.05, 3.63) is 0 Å². The molecule has 1 unspecified atom stereocenters. The van der Waals surface area contributed by atoms with Gasteiger partial charge in [-0.3, -0.25) is 0 Å². The Bertz CT molecular complexity index is 163. The van der Waals surface area contributed by atoms with Crippen LogP contribution in [0, 0.1) is 0 Å². The standard InChI is InChI=1S/C12H24N2O/c1-2-7-14(8-3-1)9-10-15-11-12-5-4-6-13-12/h12-13H,1-11H2. The summed E-state index contributed by atoms with van der Waals surface area (Å²) < 4.78 is 5.72. The second-order valence-corrected chi connectivity index (χ2v) is 4.77. The lowest BCUT2D eigenvalue weighted by Crippen LogP contribution is -2.34. The van der Waals surface area contributed by atoms with Gasteiger partial charge in [-0.25, -0.2) is 0 Å². The smallest absolute Gasteiger partial charge is 0.0620 e. The van der Waals surface area contributed by atoms with Crippen molar-refractivity contribution in [3.8, 4) is 0 Å². The summed E-state index contributed by atoms with van der Waals surface area (Å²) in [6, 6.07) is 0.631. The van der Waals surface area contributed by atoms with E-state index in [0.29, 0.717) is 6.04 Å². The lowest BCUT2D eigenvalue weighted by atomic mass is 10.1. The lowest BCUT2D eigenvalue weighted by Gasteiger charge is -2.26. The molecule has 0 aromatic heterocycles. The average molecular weight is 212 g/mol. The van der Waals surface area contributed by atoms with Gasteiger partial charge < -0.3 is 15.0 Å². The molecule has 0 spiro atoms. The van der Waals surface area contributed by atoms with Gasteiger partial charge in [0, 0.05) is 12.6 Å². The minimum absolute atomic E-state index is 0.631. The molecule has 15 heavy (non-hydrogen) atoms. The molecule has 0 bridgehead atoms. The highest BCUT2D eigenvalue weighted by Crippen LogP contribution is 2.08. The summed E-state index contributed by atoms with van der Waals surface area (Å²) in [4.78, 5) is 2.53. The second kappa shape index (κ2) is 6.46. The van der Waals surface area contributed by atoms with Crippen molar-refractivity contribution in [2.75, 3.05) is 39.4 Å². The molecule has 3 nitrogen and oxygen atoms in total. The highest BCUT2D eigenvalue weighted by Gasteiger charge is 2.14. The van der Waals surface area contributed by atoms with Crippen LogP contribution in [0.2, 0.25) is 0 Å². The molecule has 2 rings (SSSR count). The first-order chi connectivity index (χ1) is 7.45. The van der Waals surface area contributed by atoms with Crippen LogP contribution >= 0.6 is 0 Å². The fourth-order valence-corrected chi connectivity index (χ4v) is 2.50. The van der Waals surface area contributed by atoms with Crippen molar-refractivity contribution < 1.29 is 4.74 Å². The first-order valence-corrected chi connectivity index (χ1v) is 6.48. The van der Waals surface area contributed by atoms with Crippen LogP contribution in [0.4, 0.5) is 0 Å². The molecule has 88 valence electrons. The van der Waals surface area contributed by atoms with Gasteiger partial charge in [-0.15, -0.1) is 0 Å². The lowest BCUT2D eigenvalue weighted by molar-refractivity contribution is 0.0847. The summed E-state index contributed by atoms with van der Waals surface area (Å²) >= 11 is 0. The molecule has 2 heterocycles. The number of nitrogens with zero attached hydrogens (tertiary/aromatic N) is 1. The number of rotatable bonds is 5. The van der Waals surface area contributed by atoms with Gasteiger partial charge in [0.25, 0.3) is 0 Å². The van der Waals surface area contributed by atoms with Crippen LogP contribution in [0.25, 0.3) is 0 Å². The molecule has 1 atom stereocenters. The van der Waals surface area contributed by atoms with E-state index >= 15 is 0 Å². The molecular weight excluding hydrogens is 188 g/mol. The summed E-state index contributed by atoms with van der Waals surface area (Å²) in [5.41, 5.74) is 0. The molecular formula is C12H24N2O. The Morgan fingerprint density at radius 2 is 2.00 bits per heavy atom. The molecule has 2 fully saturated rings. The van der Waals surface area contributed by atoms with Crippen molar-refractivity contribution in [3.63, 3.8) is 0 Å². The second-order valence-electron chi connectivity index (χ2n) is 4.77. The molecule has 0 radical (unpaired) electrons. The Hall–Kier alpha value is -0.120. The van der Waals surface area contributed by atoms with E-state index in [1.807, 2.05) is 0 Å². The van der Waals surface area contributed by atoms with Crippen molar-refractivity contribution in [2.45, 2.75) is 38.1 Å². The van der Waals surface area contributed by atoms with Crippen molar-refractivity contribution in [1.82, 2.24) is 10.2 Å². The van der Waals surface area contributed by atoms with E-state index in [4.69, 9.17) is 4.74 Å². The predicted octanol–water partition coefficient (Wildman–Crippen LogP) is 1.24. The Balaban J connectivity index is 1.47. The highest BCUT2D eigenvalue weighted by molar-refractivity contribution is 4.73. The van der Waals surface area contributed by atoms with Crippen LogP contribution in [0.1, 0.15) is 32.1 Å². The van der Waals surface area contributed by atoms with Gasteiger partial charge >= 0.3 is 0 Å². The quantitative estimate of drug-likeness (QED) is 0.694. The Labute approximate surface area is 93.2 Å². The van der Waals surface area contributed by atoms with E-state index in [1.54, 1.807) is 0 Å². The SMILES string of the molecule is C1CCN(CCOCC2CCCN2)CC1. The zero-order chi connectivity index (χ0) is 10.3. The van der Waals surface area contributed by atoms with E-state index in [0.717, 1.165) is 19.8 Å². The Morgan fingerprint density at radius 1 is 1.13 bits per heavy atom. The predicted molar refractivity (Wildman–Crippen MR) is 62.1 cm³/mol. The van der Waals surface area contributed by atoms with Gasteiger partial charge in [0.15, 0.2) is 0 Å². The molecule has 2 aliphatic rings. The Morgan fingerprint density at radius 3 is 2.73 bits per heavy atom. The third-order valence-corrected chi connectivity index (χ3v) is 3.48. The molecule has 0 aliphatic carbocycles. The summed E-state index contributed by atoms with van der Waals surface area (Å²) in [5.74, 6) is 0. The number of hydrogen-bond donors (Lipinski definition) is 1. The average Bonchev–Trinajstić information content (AvgIpc) is 2.79. The van der Waals surface area contributed by atoms with E-state index in [2.05, 4.69) is 10.2 Å². The maximum atomic E-state index is 5.72. The van der Waals surface area contributed by atoms with Gasteiger partial charge in [-0.1, -0.05) is 6.42 Å². The van der Waals surface area contributed by atoms with Gasteiger partial charge in [-0.2, -0.15) is 0 Å². The normalized spacial score (nSPS) is 28.4. The van der Waals surface area contributed by atoms with Gasteiger partial charge in [-0.05, 0) is 45.3 Å². The maximum Gasteiger partial charge on any atom is 0.0620 e. The number of hydrogen-bond acceptors (Lipinski definition) is 3. The van der Waals surface area contributed by atoms with Crippen LogP contribution in [-0.4, -0.2) is 50.3 Å². The monoisotopic (exact) mass is 212 g/mol. The van der Waals surface area contributed by atoms with Crippen LogP contribution in [0.15, 0.2) is 0 Å². The third kappa shape index (κ3) is 4.09. The van der Waals surface area contributed by atoms with Crippen LogP contribution in [0.3, 0.4) is 0 Å².